The normalized spacial score (nSPS) is 10.3. The molecule has 0 atom stereocenters. The van der Waals surface area contributed by atoms with E-state index in [1.165, 1.54) is 24.7 Å². The van der Waals surface area contributed by atoms with E-state index >= 15 is 0 Å². The van der Waals surface area contributed by atoms with Crippen molar-refractivity contribution in [2.24, 2.45) is 0 Å². The van der Waals surface area contributed by atoms with Gasteiger partial charge in [-0.15, -0.1) is 0 Å². The number of nitrogens with one attached hydrogen (secondary N) is 2. The van der Waals surface area contributed by atoms with Crippen LogP contribution >= 0.6 is 11.6 Å². The van der Waals surface area contributed by atoms with Crippen LogP contribution < -0.4 is 5.32 Å². The average Bonchev–Trinajstić information content (AvgIpc) is 2.96. The molecule has 21 heavy (non-hydrogen) atoms. The van der Waals surface area contributed by atoms with Gasteiger partial charge in [0.05, 0.1) is 11.9 Å². The first-order valence-corrected chi connectivity index (χ1v) is 6.09. The molecule has 8 nitrogen and oxygen atoms in total. The SMILES string of the molecule is N#Cc1ccc(C(=O)Nc2nc(Cl)c3[nH]cnc3n2)nc1. The number of anilines is 1. The van der Waals surface area contributed by atoms with Crippen molar-refractivity contribution in [2.75, 3.05) is 5.32 Å². The third-order valence-electron chi connectivity index (χ3n) is 2.59. The van der Waals surface area contributed by atoms with Gasteiger partial charge in [-0.25, -0.2) is 9.97 Å². The highest BCUT2D eigenvalue weighted by molar-refractivity contribution is 6.33. The third-order valence-corrected chi connectivity index (χ3v) is 2.87. The van der Waals surface area contributed by atoms with Gasteiger partial charge in [0.2, 0.25) is 5.95 Å². The van der Waals surface area contributed by atoms with Crippen molar-refractivity contribution in [1.29, 1.82) is 5.26 Å². The monoisotopic (exact) mass is 299 g/mol. The lowest BCUT2D eigenvalue weighted by Gasteiger charge is -2.03. The maximum atomic E-state index is 12.0. The van der Waals surface area contributed by atoms with E-state index in [1.807, 2.05) is 6.07 Å². The molecule has 3 rings (SSSR count). The van der Waals surface area contributed by atoms with E-state index in [0.717, 1.165) is 0 Å². The smallest absolute Gasteiger partial charge is 0.276 e. The van der Waals surface area contributed by atoms with Gasteiger partial charge >= 0.3 is 0 Å². The Bertz CT molecular complexity index is 865. The second-order valence-electron chi connectivity index (χ2n) is 3.94. The van der Waals surface area contributed by atoms with Crippen LogP contribution in [-0.2, 0) is 0 Å². The number of rotatable bonds is 2. The lowest BCUT2D eigenvalue weighted by atomic mass is 10.2. The molecule has 2 N–H and O–H groups in total. The van der Waals surface area contributed by atoms with Gasteiger partial charge in [0.25, 0.3) is 5.91 Å². The second kappa shape index (κ2) is 5.15. The van der Waals surface area contributed by atoms with Crippen LogP contribution in [0.5, 0.6) is 0 Å². The Morgan fingerprint density at radius 1 is 1.33 bits per heavy atom. The lowest BCUT2D eigenvalue weighted by Crippen LogP contribution is -2.15. The number of halogens is 1. The number of hydrogen-bond donors (Lipinski definition) is 2. The molecule has 0 radical (unpaired) electrons. The van der Waals surface area contributed by atoms with Crippen LogP contribution in [0.2, 0.25) is 5.15 Å². The molecule has 0 spiro atoms. The summed E-state index contributed by atoms with van der Waals surface area (Å²) in [6.07, 6.45) is 2.73. The zero-order valence-corrected chi connectivity index (χ0v) is 11.1. The van der Waals surface area contributed by atoms with Crippen LogP contribution in [-0.4, -0.2) is 30.8 Å². The van der Waals surface area contributed by atoms with Crippen molar-refractivity contribution >= 4 is 34.6 Å². The van der Waals surface area contributed by atoms with Gasteiger partial charge in [0.1, 0.15) is 17.3 Å². The molecule has 0 fully saturated rings. The van der Waals surface area contributed by atoms with Crippen molar-refractivity contribution in [3.8, 4) is 6.07 Å². The number of pyridine rings is 1. The summed E-state index contributed by atoms with van der Waals surface area (Å²) in [5, 5.41) is 11.3. The molecule has 0 aliphatic carbocycles. The highest BCUT2D eigenvalue weighted by Gasteiger charge is 2.12. The van der Waals surface area contributed by atoms with Crippen LogP contribution in [0, 0.1) is 11.3 Å². The number of hydrogen-bond acceptors (Lipinski definition) is 6. The maximum Gasteiger partial charge on any atom is 0.276 e. The highest BCUT2D eigenvalue weighted by Crippen LogP contribution is 2.18. The van der Waals surface area contributed by atoms with Gasteiger partial charge in [0, 0.05) is 6.20 Å². The van der Waals surface area contributed by atoms with Gasteiger partial charge in [0.15, 0.2) is 10.8 Å². The predicted octanol–water partition coefficient (Wildman–Crippen LogP) is 1.53. The number of carbonyl (C=O) groups excluding carboxylic acids is 1. The number of nitriles is 1. The first-order valence-electron chi connectivity index (χ1n) is 5.71. The summed E-state index contributed by atoms with van der Waals surface area (Å²) in [6, 6.07) is 4.85. The van der Waals surface area contributed by atoms with Crippen LogP contribution in [0.15, 0.2) is 24.7 Å². The summed E-state index contributed by atoms with van der Waals surface area (Å²) in [5.74, 6) is -0.485. The van der Waals surface area contributed by atoms with E-state index in [9.17, 15) is 4.79 Å². The van der Waals surface area contributed by atoms with Gasteiger partial charge in [-0.2, -0.15) is 15.2 Å². The molecule has 9 heteroatoms. The summed E-state index contributed by atoms with van der Waals surface area (Å²) in [7, 11) is 0. The zero-order valence-electron chi connectivity index (χ0n) is 10.3. The maximum absolute atomic E-state index is 12.0. The topological polar surface area (TPSA) is 120 Å². The molecular weight excluding hydrogens is 294 g/mol. The van der Waals surface area contributed by atoms with Crippen LogP contribution in [0.3, 0.4) is 0 Å². The quantitative estimate of drug-likeness (QED) is 0.692. The number of imidazole rings is 1. The Labute approximate surface area is 122 Å². The molecule has 0 aliphatic heterocycles. The number of H-pyrrole nitrogens is 1. The largest absolute Gasteiger partial charge is 0.341 e. The van der Waals surface area contributed by atoms with E-state index in [4.69, 9.17) is 16.9 Å². The molecule has 0 saturated heterocycles. The van der Waals surface area contributed by atoms with Gasteiger partial charge in [-0.1, -0.05) is 11.6 Å². The molecule has 1 amide bonds. The number of aromatic nitrogens is 5. The van der Waals surface area contributed by atoms with Crippen LogP contribution in [0.25, 0.3) is 11.2 Å². The first-order chi connectivity index (χ1) is 10.2. The minimum Gasteiger partial charge on any atom is -0.341 e. The van der Waals surface area contributed by atoms with Gasteiger partial charge in [-0.3, -0.25) is 10.1 Å². The summed E-state index contributed by atoms with van der Waals surface area (Å²) in [6.45, 7) is 0. The number of fused-ring (bicyclic) bond motifs is 1. The zero-order chi connectivity index (χ0) is 14.8. The van der Waals surface area contributed by atoms with Crippen molar-refractivity contribution in [1.82, 2.24) is 24.9 Å². The van der Waals surface area contributed by atoms with E-state index in [2.05, 4.69) is 30.2 Å². The van der Waals surface area contributed by atoms with Crippen molar-refractivity contribution in [3.63, 3.8) is 0 Å². The minimum atomic E-state index is -0.509. The van der Waals surface area contributed by atoms with E-state index in [-0.39, 0.29) is 16.8 Å². The van der Waals surface area contributed by atoms with Crippen molar-refractivity contribution in [2.45, 2.75) is 0 Å². The fraction of sp³-hybridized carbons (Fsp3) is 0. The number of aromatic amines is 1. The molecule has 102 valence electrons. The first kappa shape index (κ1) is 13.0. The molecule has 3 aromatic rings. The minimum absolute atomic E-state index is 0.0239. The average molecular weight is 300 g/mol. The molecule has 0 saturated carbocycles. The Morgan fingerprint density at radius 2 is 2.19 bits per heavy atom. The van der Waals surface area contributed by atoms with E-state index in [0.29, 0.717) is 16.7 Å². The Hall–Kier alpha value is -3.05. The van der Waals surface area contributed by atoms with Gasteiger partial charge < -0.3 is 4.98 Å². The summed E-state index contributed by atoms with van der Waals surface area (Å²) in [5.41, 5.74) is 1.34. The van der Waals surface area contributed by atoms with Crippen molar-refractivity contribution < 1.29 is 4.79 Å². The molecular formula is C12H6ClN7O. The molecule has 3 aromatic heterocycles. The fourth-order valence-corrected chi connectivity index (χ4v) is 1.83. The van der Waals surface area contributed by atoms with Crippen molar-refractivity contribution in [3.05, 3.63) is 41.1 Å². The number of carbonyl (C=O) groups is 1. The summed E-state index contributed by atoms with van der Waals surface area (Å²) < 4.78 is 0. The molecule has 0 bridgehead atoms. The molecule has 3 heterocycles. The predicted molar refractivity (Wildman–Crippen MR) is 73.6 cm³/mol. The Kier molecular flexibility index (Phi) is 3.17. The molecule has 0 unspecified atom stereocenters. The molecule has 0 aliphatic rings. The van der Waals surface area contributed by atoms with Crippen LogP contribution in [0.4, 0.5) is 5.95 Å². The standard InChI is InChI=1S/C12H6ClN7O/c13-9-8-10(17-5-16-8)19-12(18-9)20-11(21)7-2-1-6(3-14)4-15-7/h1-2,4-5H,(H2,16,17,18,19,20,21). The second-order valence-corrected chi connectivity index (χ2v) is 4.30. The molecule has 0 aromatic carbocycles. The Morgan fingerprint density at radius 3 is 2.90 bits per heavy atom. The fourth-order valence-electron chi connectivity index (χ4n) is 1.61. The van der Waals surface area contributed by atoms with Crippen LogP contribution in [0.1, 0.15) is 16.1 Å². The summed E-state index contributed by atoms with van der Waals surface area (Å²) >= 11 is 5.95. The van der Waals surface area contributed by atoms with Gasteiger partial charge in [-0.05, 0) is 12.1 Å². The Balaban J connectivity index is 1.86. The highest BCUT2D eigenvalue weighted by atomic mass is 35.5. The third kappa shape index (κ3) is 2.50. The lowest BCUT2D eigenvalue weighted by molar-refractivity contribution is 0.102. The van der Waals surface area contributed by atoms with E-state index in [1.54, 1.807) is 0 Å². The number of nitrogens with zero attached hydrogens (tertiary/aromatic N) is 5. The van der Waals surface area contributed by atoms with E-state index < -0.39 is 5.91 Å². The number of amides is 1. The summed E-state index contributed by atoms with van der Waals surface area (Å²) in [4.78, 5) is 30.6.